The van der Waals surface area contributed by atoms with Gasteiger partial charge >= 0.3 is 5.63 Å². The van der Waals surface area contributed by atoms with Crippen molar-refractivity contribution in [3.63, 3.8) is 0 Å². The first-order valence-corrected chi connectivity index (χ1v) is 8.41. The lowest BCUT2D eigenvalue weighted by Gasteiger charge is -2.11. The molecule has 0 atom stereocenters. The second kappa shape index (κ2) is 7.39. The molecule has 0 fully saturated rings. The third kappa shape index (κ3) is 3.31. The van der Waals surface area contributed by atoms with Crippen LogP contribution in [0.25, 0.3) is 11.0 Å². The highest BCUT2D eigenvalue weighted by atomic mass is 16.5. The van der Waals surface area contributed by atoms with Crippen molar-refractivity contribution in [3.05, 3.63) is 63.6 Å². The average molecular weight is 352 g/mol. The average Bonchev–Trinajstić information content (AvgIpc) is 2.63. The lowest BCUT2D eigenvalue weighted by Crippen LogP contribution is -2.21. The van der Waals surface area contributed by atoms with Gasteiger partial charge in [0.05, 0.1) is 7.11 Å². The van der Waals surface area contributed by atoms with Crippen LogP contribution in [-0.4, -0.2) is 18.0 Å². The number of methoxy groups -OCH3 is 1. The Labute approximate surface area is 150 Å². The van der Waals surface area contributed by atoms with Crippen LogP contribution in [0.3, 0.4) is 0 Å². The number of aryl methyl sites for hydroxylation is 2. The minimum absolute atomic E-state index is 0.0600. The summed E-state index contributed by atoms with van der Waals surface area (Å²) in [6.45, 7) is 3.86. The molecule has 0 aliphatic heterocycles. The van der Waals surface area contributed by atoms with Crippen LogP contribution in [0.2, 0.25) is 0 Å². The van der Waals surface area contributed by atoms with Crippen molar-refractivity contribution in [1.29, 1.82) is 0 Å². The summed E-state index contributed by atoms with van der Waals surface area (Å²) in [5.74, 6) is 0.539. The topological polar surface area (TPSA) is 81.4 Å². The standard InChI is InChI=1S/C20H20N2O4/c1-4-6-14-16(25-3)9-8-13-11-15(20(24)26-17(13)14)19(23)22-18-12(2)7-5-10-21-18/h5,7-11H,4,6H2,1-3H3,(H,21,22,23). The summed E-state index contributed by atoms with van der Waals surface area (Å²) in [5, 5.41) is 3.34. The van der Waals surface area contributed by atoms with E-state index in [-0.39, 0.29) is 5.56 Å². The molecule has 3 aromatic rings. The molecular weight excluding hydrogens is 332 g/mol. The molecule has 0 radical (unpaired) electrons. The van der Waals surface area contributed by atoms with E-state index in [1.165, 1.54) is 0 Å². The fourth-order valence-electron chi connectivity index (χ4n) is 2.85. The lowest BCUT2D eigenvalue weighted by atomic mass is 10.0. The Balaban J connectivity index is 2.05. The number of nitrogens with zero attached hydrogens (tertiary/aromatic N) is 1. The molecule has 3 rings (SSSR count). The molecule has 1 aromatic carbocycles. The van der Waals surface area contributed by atoms with Gasteiger partial charge in [-0.05, 0) is 43.2 Å². The smallest absolute Gasteiger partial charge is 0.349 e. The Hall–Kier alpha value is -3.15. The summed E-state index contributed by atoms with van der Waals surface area (Å²) >= 11 is 0. The SMILES string of the molecule is CCCc1c(OC)ccc2cc(C(=O)Nc3ncccc3C)c(=O)oc12. The molecule has 2 heterocycles. The highest BCUT2D eigenvalue weighted by Gasteiger charge is 2.18. The van der Waals surface area contributed by atoms with Gasteiger partial charge in [0, 0.05) is 17.1 Å². The zero-order valence-electron chi connectivity index (χ0n) is 15.0. The van der Waals surface area contributed by atoms with Crippen LogP contribution in [0.4, 0.5) is 5.82 Å². The van der Waals surface area contributed by atoms with Gasteiger partial charge in [0.15, 0.2) is 0 Å². The fourth-order valence-corrected chi connectivity index (χ4v) is 2.85. The Bertz CT molecular complexity index is 1020. The van der Waals surface area contributed by atoms with Crippen molar-refractivity contribution in [1.82, 2.24) is 4.98 Å². The molecular formula is C20H20N2O4. The number of carbonyl (C=O) groups excluding carboxylic acids is 1. The van der Waals surface area contributed by atoms with Crippen molar-refractivity contribution < 1.29 is 13.9 Å². The summed E-state index contributed by atoms with van der Waals surface area (Å²) < 4.78 is 10.9. The number of amides is 1. The molecule has 0 saturated carbocycles. The number of hydrogen-bond acceptors (Lipinski definition) is 5. The number of benzene rings is 1. The Kier molecular flexibility index (Phi) is 5.02. The van der Waals surface area contributed by atoms with E-state index in [2.05, 4.69) is 10.3 Å². The van der Waals surface area contributed by atoms with E-state index < -0.39 is 11.5 Å². The zero-order chi connectivity index (χ0) is 18.7. The summed E-state index contributed by atoms with van der Waals surface area (Å²) in [4.78, 5) is 29.1. The van der Waals surface area contributed by atoms with Gasteiger partial charge in [0.25, 0.3) is 5.91 Å². The summed E-state index contributed by atoms with van der Waals surface area (Å²) in [7, 11) is 1.58. The van der Waals surface area contributed by atoms with E-state index in [0.717, 1.165) is 17.5 Å². The predicted molar refractivity (Wildman–Crippen MR) is 100.0 cm³/mol. The minimum atomic E-state index is -0.686. The first-order valence-electron chi connectivity index (χ1n) is 8.41. The first-order chi connectivity index (χ1) is 12.5. The third-order valence-electron chi connectivity index (χ3n) is 4.17. The Morgan fingerprint density at radius 3 is 2.81 bits per heavy atom. The number of anilines is 1. The van der Waals surface area contributed by atoms with Crippen molar-refractivity contribution in [2.75, 3.05) is 12.4 Å². The predicted octanol–water partition coefficient (Wildman–Crippen LogP) is 3.71. The van der Waals surface area contributed by atoms with Gasteiger partial charge in [-0.1, -0.05) is 19.4 Å². The van der Waals surface area contributed by atoms with E-state index in [4.69, 9.17) is 9.15 Å². The van der Waals surface area contributed by atoms with E-state index in [1.54, 1.807) is 31.5 Å². The van der Waals surface area contributed by atoms with Gasteiger partial charge in [-0.25, -0.2) is 9.78 Å². The molecule has 0 unspecified atom stereocenters. The van der Waals surface area contributed by atoms with Gasteiger partial charge in [-0.15, -0.1) is 0 Å². The van der Waals surface area contributed by atoms with Gasteiger partial charge < -0.3 is 14.5 Å². The number of pyridine rings is 1. The Morgan fingerprint density at radius 2 is 2.12 bits per heavy atom. The Morgan fingerprint density at radius 1 is 1.31 bits per heavy atom. The highest BCUT2D eigenvalue weighted by molar-refractivity contribution is 6.05. The van der Waals surface area contributed by atoms with Gasteiger partial charge in [-0.2, -0.15) is 0 Å². The lowest BCUT2D eigenvalue weighted by molar-refractivity contribution is 0.102. The van der Waals surface area contributed by atoms with Crippen LogP contribution in [-0.2, 0) is 6.42 Å². The number of hydrogen-bond donors (Lipinski definition) is 1. The van der Waals surface area contributed by atoms with Gasteiger partial charge in [0.1, 0.15) is 22.7 Å². The first kappa shape index (κ1) is 17.7. The molecule has 1 amide bonds. The van der Waals surface area contributed by atoms with Crippen molar-refractivity contribution >= 4 is 22.7 Å². The summed E-state index contributed by atoms with van der Waals surface area (Å²) in [6.07, 6.45) is 3.16. The highest BCUT2D eigenvalue weighted by Crippen LogP contribution is 2.29. The van der Waals surface area contributed by atoms with E-state index in [1.807, 2.05) is 26.0 Å². The number of rotatable bonds is 5. The largest absolute Gasteiger partial charge is 0.496 e. The molecule has 0 bridgehead atoms. The number of aromatic nitrogens is 1. The zero-order valence-corrected chi connectivity index (χ0v) is 15.0. The summed E-state index contributed by atoms with van der Waals surface area (Å²) in [5.41, 5.74) is 1.35. The number of fused-ring (bicyclic) bond motifs is 1. The van der Waals surface area contributed by atoms with Crippen LogP contribution in [0.5, 0.6) is 5.75 Å². The van der Waals surface area contributed by atoms with Gasteiger partial charge in [-0.3, -0.25) is 4.79 Å². The molecule has 0 aliphatic carbocycles. The molecule has 2 aromatic heterocycles. The van der Waals surface area contributed by atoms with Crippen molar-refractivity contribution in [2.45, 2.75) is 26.7 Å². The minimum Gasteiger partial charge on any atom is -0.496 e. The van der Waals surface area contributed by atoms with Crippen molar-refractivity contribution in [3.8, 4) is 5.75 Å². The quantitative estimate of drug-likeness (QED) is 0.708. The monoisotopic (exact) mass is 352 g/mol. The van der Waals surface area contributed by atoms with E-state index in [0.29, 0.717) is 29.0 Å². The van der Waals surface area contributed by atoms with Crippen LogP contribution >= 0.6 is 0 Å². The maximum atomic E-state index is 12.5. The van der Waals surface area contributed by atoms with Crippen LogP contribution in [0, 0.1) is 6.92 Å². The number of nitrogens with one attached hydrogen (secondary N) is 1. The molecule has 6 heteroatoms. The molecule has 0 aliphatic rings. The van der Waals surface area contributed by atoms with Gasteiger partial charge in [0.2, 0.25) is 0 Å². The fraction of sp³-hybridized carbons (Fsp3) is 0.250. The number of carbonyl (C=O) groups is 1. The second-order valence-electron chi connectivity index (χ2n) is 5.99. The van der Waals surface area contributed by atoms with Crippen LogP contribution in [0.1, 0.15) is 34.8 Å². The van der Waals surface area contributed by atoms with Crippen LogP contribution < -0.4 is 15.7 Å². The normalized spacial score (nSPS) is 10.7. The van der Waals surface area contributed by atoms with Crippen LogP contribution in [0.15, 0.2) is 45.7 Å². The van der Waals surface area contributed by atoms with E-state index >= 15 is 0 Å². The molecule has 26 heavy (non-hydrogen) atoms. The molecule has 1 N–H and O–H groups in total. The summed E-state index contributed by atoms with van der Waals surface area (Å²) in [6, 6.07) is 8.75. The maximum Gasteiger partial charge on any atom is 0.349 e. The third-order valence-corrected chi connectivity index (χ3v) is 4.17. The molecule has 0 saturated heterocycles. The molecule has 134 valence electrons. The number of ether oxygens (including phenoxy) is 1. The maximum absolute atomic E-state index is 12.5. The second-order valence-corrected chi connectivity index (χ2v) is 5.99. The van der Waals surface area contributed by atoms with E-state index in [9.17, 15) is 9.59 Å². The van der Waals surface area contributed by atoms with Crippen molar-refractivity contribution in [2.24, 2.45) is 0 Å². The molecule has 6 nitrogen and oxygen atoms in total. The molecule has 0 spiro atoms.